The van der Waals surface area contributed by atoms with Crippen molar-refractivity contribution in [1.82, 2.24) is 4.98 Å². The van der Waals surface area contributed by atoms with Gasteiger partial charge >= 0.3 is 0 Å². The minimum atomic E-state index is -0.146. The van der Waals surface area contributed by atoms with Crippen molar-refractivity contribution in [3.05, 3.63) is 47.0 Å². The van der Waals surface area contributed by atoms with Crippen LogP contribution < -0.4 is 15.2 Å². The number of nitrogens with zero attached hydrogens (tertiary/aromatic N) is 1. The van der Waals surface area contributed by atoms with E-state index in [0.717, 1.165) is 5.56 Å². The van der Waals surface area contributed by atoms with Gasteiger partial charge in [0.2, 0.25) is 11.8 Å². The molecule has 1 aromatic carbocycles. The standard InChI is InChI=1S/C14H15ClN2O2.ClH/c1-9(16)12-7-8-13(17-14(12)18-2)19-11-5-3-10(15)4-6-11;/h3-9H,16H2,1-2H3;1H. The molecule has 0 aliphatic rings. The van der Waals surface area contributed by atoms with E-state index >= 15 is 0 Å². The largest absolute Gasteiger partial charge is 0.481 e. The quantitative estimate of drug-likeness (QED) is 0.927. The molecule has 20 heavy (non-hydrogen) atoms. The molecule has 4 nitrogen and oxygen atoms in total. The summed E-state index contributed by atoms with van der Waals surface area (Å²) in [5.41, 5.74) is 6.67. The Morgan fingerprint density at radius 3 is 2.35 bits per heavy atom. The van der Waals surface area contributed by atoms with Crippen molar-refractivity contribution in [3.63, 3.8) is 0 Å². The van der Waals surface area contributed by atoms with Crippen molar-refractivity contribution in [2.75, 3.05) is 7.11 Å². The number of pyridine rings is 1. The number of methoxy groups -OCH3 is 1. The van der Waals surface area contributed by atoms with Gasteiger partial charge < -0.3 is 15.2 Å². The van der Waals surface area contributed by atoms with Crippen LogP contribution in [0.1, 0.15) is 18.5 Å². The zero-order chi connectivity index (χ0) is 13.8. The van der Waals surface area contributed by atoms with Gasteiger partial charge in [0.15, 0.2) is 0 Å². The van der Waals surface area contributed by atoms with Gasteiger partial charge in [-0.25, -0.2) is 0 Å². The van der Waals surface area contributed by atoms with Crippen molar-refractivity contribution in [3.8, 4) is 17.5 Å². The van der Waals surface area contributed by atoms with Crippen LogP contribution in [0.5, 0.6) is 17.5 Å². The summed E-state index contributed by atoms with van der Waals surface area (Å²) in [7, 11) is 1.56. The Hall–Kier alpha value is -1.49. The van der Waals surface area contributed by atoms with Crippen LogP contribution in [0.4, 0.5) is 0 Å². The molecule has 108 valence electrons. The first-order valence-electron chi connectivity index (χ1n) is 5.84. The first kappa shape index (κ1) is 16.6. The van der Waals surface area contributed by atoms with Gasteiger partial charge in [-0.3, -0.25) is 0 Å². The SMILES string of the molecule is COc1nc(Oc2ccc(Cl)cc2)ccc1C(C)N.Cl. The van der Waals surface area contributed by atoms with Gasteiger partial charge in [0, 0.05) is 22.7 Å². The van der Waals surface area contributed by atoms with E-state index in [9.17, 15) is 0 Å². The lowest BCUT2D eigenvalue weighted by Gasteiger charge is -2.12. The van der Waals surface area contributed by atoms with Gasteiger partial charge in [0.1, 0.15) is 5.75 Å². The normalized spacial score (nSPS) is 11.4. The summed E-state index contributed by atoms with van der Waals surface area (Å²) in [5.74, 6) is 1.58. The van der Waals surface area contributed by atoms with Crippen molar-refractivity contribution >= 4 is 24.0 Å². The number of rotatable bonds is 4. The molecule has 1 atom stereocenters. The van der Waals surface area contributed by atoms with Crippen molar-refractivity contribution < 1.29 is 9.47 Å². The lowest BCUT2D eigenvalue weighted by atomic mass is 10.1. The van der Waals surface area contributed by atoms with Gasteiger partial charge in [0.25, 0.3) is 0 Å². The minimum Gasteiger partial charge on any atom is -0.481 e. The highest BCUT2D eigenvalue weighted by Gasteiger charge is 2.11. The fraction of sp³-hybridized carbons (Fsp3) is 0.214. The summed E-state index contributed by atoms with van der Waals surface area (Å²) >= 11 is 5.81. The third-order valence-electron chi connectivity index (χ3n) is 2.58. The van der Waals surface area contributed by atoms with Crippen LogP contribution in [0.15, 0.2) is 36.4 Å². The second kappa shape index (κ2) is 7.33. The molecule has 0 aliphatic heterocycles. The fourth-order valence-corrected chi connectivity index (χ4v) is 1.75. The first-order valence-corrected chi connectivity index (χ1v) is 6.22. The molecule has 0 fully saturated rings. The molecular formula is C14H16Cl2N2O2. The predicted octanol–water partition coefficient (Wildman–Crippen LogP) is 3.98. The molecule has 0 aliphatic carbocycles. The van der Waals surface area contributed by atoms with Gasteiger partial charge in [0.05, 0.1) is 7.11 Å². The Morgan fingerprint density at radius 2 is 1.80 bits per heavy atom. The average molecular weight is 315 g/mol. The Morgan fingerprint density at radius 1 is 1.15 bits per heavy atom. The number of benzene rings is 1. The van der Waals surface area contributed by atoms with Crippen molar-refractivity contribution in [2.24, 2.45) is 5.73 Å². The molecule has 1 heterocycles. The number of aromatic nitrogens is 1. The van der Waals surface area contributed by atoms with Crippen LogP contribution in [0.25, 0.3) is 0 Å². The zero-order valence-corrected chi connectivity index (χ0v) is 12.7. The smallest absolute Gasteiger partial charge is 0.222 e. The van der Waals surface area contributed by atoms with Gasteiger partial charge in [-0.2, -0.15) is 4.98 Å². The molecule has 2 aromatic rings. The van der Waals surface area contributed by atoms with E-state index in [1.165, 1.54) is 0 Å². The number of ether oxygens (including phenoxy) is 2. The van der Waals surface area contributed by atoms with E-state index in [1.807, 2.05) is 13.0 Å². The summed E-state index contributed by atoms with van der Waals surface area (Å²) in [6, 6.07) is 10.5. The summed E-state index contributed by atoms with van der Waals surface area (Å²) in [6.45, 7) is 1.87. The lowest BCUT2D eigenvalue weighted by molar-refractivity contribution is 0.376. The highest BCUT2D eigenvalue weighted by Crippen LogP contribution is 2.27. The van der Waals surface area contributed by atoms with Crippen LogP contribution in [0.2, 0.25) is 5.02 Å². The number of hydrogen-bond donors (Lipinski definition) is 1. The molecule has 1 unspecified atom stereocenters. The molecule has 2 N–H and O–H groups in total. The molecular weight excluding hydrogens is 299 g/mol. The number of nitrogens with two attached hydrogens (primary N) is 1. The van der Waals surface area contributed by atoms with Crippen LogP contribution in [-0.2, 0) is 0 Å². The Balaban J connectivity index is 0.00000200. The number of hydrogen-bond acceptors (Lipinski definition) is 4. The Kier molecular flexibility index (Phi) is 6.07. The van der Waals surface area contributed by atoms with Crippen molar-refractivity contribution in [1.29, 1.82) is 0 Å². The maximum absolute atomic E-state index is 5.83. The summed E-state index contributed by atoms with van der Waals surface area (Å²) in [4.78, 5) is 4.27. The topological polar surface area (TPSA) is 57.4 Å². The highest BCUT2D eigenvalue weighted by atomic mass is 35.5. The molecule has 0 radical (unpaired) electrons. The molecule has 0 saturated carbocycles. The Labute approximate surface area is 129 Å². The monoisotopic (exact) mass is 314 g/mol. The van der Waals surface area contributed by atoms with Gasteiger partial charge in [-0.1, -0.05) is 11.6 Å². The lowest BCUT2D eigenvalue weighted by Crippen LogP contribution is -2.08. The van der Waals surface area contributed by atoms with Gasteiger partial charge in [-0.05, 0) is 37.3 Å². The molecule has 0 saturated heterocycles. The molecule has 2 rings (SSSR count). The van der Waals surface area contributed by atoms with E-state index in [4.69, 9.17) is 26.8 Å². The predicted molar refractivity (Wildman–Crippen MR) is 82.2 cm³/mol. The maximum atomic E-state index is 5.83. The number of halogens is 2. The van der Waals surface area contributed by atoms with Crippen LogP contribution in [0, 0.1) is 0 Å². The van der Waals surface area contributed by atoms with Crippen LogP contribution >= 0.6 is 24.0 Å². The van der Waals surface area contributed by atoms with E-state index in [0.29, 0.717) is 22.5 Å². The van der Waals surface area contributed by atoms with Crippen molar-refractivity contribution in [2.45, 2.75) is 13.0 Å². The maximum Gasteiger partial charge on any atom is 0.222 e. The molecule has 0 amide bonds. The third kappa shape index (κ3) is 4.00. The zero-order valence-electron chi connectivity index (χ0n) is 11.2. The minimum absolute atomic E-state index is 0. The average Bonchev–Trinajstić information content (AvgIpc) is 2.41. The molecule has 0 bridgehead atoms. The van der Waals surface area contributed by atoms with E-state index in [2.05, 4.69) is 4.98 Å². The van der Waals surface area contributed by atoms with Gasteiger partial charge in [-0.15, -0.1) is 12.4 Å². The van der Waals surface area contributed by atoms with E-state index < -0.39 is 0 Å². The second-order valence-electron chi connectivity index (χ2n) is 4.09. The third-order valence-corrected chi connectivity index (χ3v) is 2.84. The van der Waals surface area contributed by atoms with Crippen LogP contribution in [-0.4, -0.2) is 12.1 Å². The summed E-state index contributed by atoms with van der Waals surface area (Å²) in [6.07, 6.45) is 0. The Bertz CT molecular complexity index is 560. The summed E-state index contributed by atoms with van der Waals surface area (Å²) < 4.78 is 10.8. The molecule has 0 spiro atoms. The van der Waals surface area contributed by atoms with E-state index in [1.54, 1.807) is 37.4 Å². The fourth-order valence-electron chi connectivity index (χ4n) is 1.62. The molecule has 6 heteroatoms. The van der Waals surface area contributed by atoms with E-state index in [-0.39, 0.29) is 18.4 Å². The summed E-state index contributed by atoms with van der Waals surface area (Å²) in [5, 5.41) is 0.658. The first-order chi connectivity index (χ1) is 9.10. The second-order valence-corrected chi connectivity index (χ2v) is 4.53. The molecule has 1 aromatic heterocycles. The highest BCUT2D eigenvalue weighted by molar-refractivity contribution is 6.30. The van der Waals surface area contributed by atoms with Crippen LogP contribution in [0.3, 0.4) is 0 Å².